The van der Waals surface area contributed by atoms with Gasteiger partial charge in [0.15, 0.2) is 0 Å². The fraction of sp³-hybridized carbons (Fsp3) is 0.381. The monoisotopic (exact) mass is 374 g/mol. The second-order valence-electron chi connectivity index (χ2n) is 6.97. The Morgan fingerprint density at radius 3 is 2.70 bits per heavy atom. The Bertz CT molecular complexity index is 984. The van der Waals surface area contributed by atoms with Crippen molar-refractivity contribution in [3.63, 3.8) is 0 Å². The maximum atomic E-state index is 12.6. The largest absolute Gasteiger partial charge is 0.573 e. The SMILES string of the molecule is CCCCCCN1Cc2c3cc(OC(F)(F)F)ccc3nc3cccc1c23. The molecule has 3 nitrogen and oxygen atoms in total. The average molecular weight is 374 g/mol. The Hall–Kier alpha value is -2.50. The van der Waals surface area contributed by atoms with Crippen LogP contribution in [0.25, 0.3) is 21.8 Å². The Kier molecular flexibility index (Phi) is 4.58. The number of pyridine rings is 1. The van der Waals surface area contributed by atoms with Gasteiger partial charge in [-0.1, -0.05) is 32.3 Å². The Morgan fingerprint density at radius 2 is 1.93 bits per heavy atom. The quantitative estimate of drug-likeness (QED) is 0.380. The molecular weight excluding hydrogens is 353 g/mol. The van der Waals surface area contributed by atoms with E-state index >= 15 is 0 Å². The molecule has 0 spiro atoms. The number of halogens is 3. The Balaban J connectivity index is 1.74. The lowest BCUT2D eigenvalue weighted by molar-refractivity contribution is -0.274. The van der Waals surface area contributed by atoms with Crippen molar-refractivity contribution >= 4 is 27.5 Å². The molecule has 0 aliphatic carbocycles. The van der Waals surface area contributed by atoms with E-state index in [4.69, 9.17) is 0 Å². The summed E-state index contributed by atoms with van der Waals surface area (Å²) in [5, 5.41) is 1.78. The van der Waals surface area contributed by atoms with Gasteiger partial charge in [-0.05, 0) is 42.3 Å². The highest BCUT2D eigenvalue weighted by atomic mass is 19.4. The van der Waals surface area contributed by atoms with Crippen molar-refractivity contribution in [2.45, 2.75) is 45.5 Å². The molecule has 0 radical (unpaired) electrons. The summed E-state index contributed by atoms with van der Waals surface area (Å²) < 4.78 is 41.9. The number of anilines is 1. The zero-order valence-electron chi connectivity index (χ0n) is 15.1. The number of unbranched alkanes of at least 4 members (excludes halogenated alkanes) is 3. The third-order valence-electron chi connectivity index (χ3n) is 5.06. The number of benzene rings is 2. The summed E-state index contributed by atoms with van der Waals surface area (Å²) in [6.07, 6.45) is -0.0113. The molecule has 0 saturated heterocycles. The zero-order valence-corrected chi connectivity index (χ0v) is 15.1. The standard InChI is InChI=1S/C21H21F3N2O/c1-2-3-4-5-11-26-13-16-15-12-14(27-21(22,23)24)9-10-17(15)25-18-7-6-8-19(26)20(16)18/h6-10,12H,2-5,11,13H2,1H3. The van der Waals surface area contributed by atoms with Gasteiger partial charge in [0.1, 0.15) is 5.75 Å². The van der Waals surface area contributed by atoms with E-state index in [1.54, 1.807) is 6.07 Å². The summed E-state index contributed by atoms with van der Waals surface area (Å²) in [7, 11) is 0. The van der Waals surface area contributed by atoms with Crippen LogP contribution in [-0.4, -0.2) is 17.9 Å². The second-order valence-corrected chi connectivity index (χ2v) is 6.97. The van der Waals surface area contributed by atoms with Crippen molar-refractivity contribution in [2.24, 2.45) is 0 Å². The highest BCUT2D eigenvalue weighted by molar-refractivity contribution is 6.06. The lowest BCUT2D eigenvalue weighted by Gasteiger charge is -2.19. The number of nitrogens with zero attached hydrogens (tertiary/aromatic N) is 2. The third-order valence-corrected chi connectivity index (χ3v) is 5.06. The molecule has 1 aliphatic rings. The van der Waals surface area contributed by atoms with Crippen LogP contribution in [0, 0.1) is 0 Å². The first kappa shape index (κ1) is 17.9. The van der Waals surface area contributed by atoms with E-state index in [1.165, 1.54) is 31.4 Å². The molecule has 4 rings (SSSR count). The molecule has 142 valence electrons. The topological polar surface area (TPSA) is 25.4 Å². The lowest BCUT2D eigenvalue weighted by atomic mass is 10.0. The first-order chi connectivity index (χ1) is 13.0. The number of aromatic nitrogens is 1. The van der Waals surface area contributed by atoms with Gasteiger partial charge in [0.05, 0.1) is 11.0 Å². The lowest BCUT2D eigenvalue weighted by Crippen LogP contribution is -2.19. The minimum atomic E-state index is -4.70. The molecule has 0 fully saturated rings. The molecule has 6 heteroatoms. The van der Waals surface area contributed by atoms with Crippen LogP contribution < -0.4 is 9.64 Å². The van der Waals surface area contributed by atoms with Crippen molar-refractivity contribution in [3.05, 3.63) is 42.0 Å². The summed E-state index contributed by atoms with van der Waals surface area (Å²) in [6, 6.07) is 10.4. The van der Waals surface area contributed by atoms with Crippen molar-refractivity contribution < 1.29 is 17.9 Å². The molecular formula is C21H21F3N2O. The van der Waals surface area contributed by atoms with Gasteiger partial charge in [-0.15, -0.1) is 13.2 Å². The number of alkyl halides is 3. The van der Waals surface area contributed by atoms with Crippen molar-refractivity contribution in [1.29, 1.82) is 0 Å². The van der Waals surface area contributed by atoms with Crippen LogP contribution in [0.2, 0.25) is 0 Å². The highest BCUT2D eigenvalue weighted by Gasteiger charge is 2.31. The second kappa shape index (κ2) is 6.91. The fourth-order valence-electron chi connectivity index (χ4n) is 3.88. The summed E-state index contributed by atoms with van der Waals surface area (Å²) in [5.41, 5.74) is 3.73. The molecule has 0 unspecified atom stereocenters. The van der Waals surface area contributed by atoms with Crippen LogP contribution in [0.5, 0.6) is 5.75 Å². The van der Waals surface area contributed by atoms with Crippen molar-refractivity contribution in [3.8, 4) is 5.75 Å². The molecule has 27 heavy (non-hydrogen) atoms. The van der Waals surface area contributed by atoms with Gasteiger partial charge < -0.3 is 9.64 Å². The van der Waals surface area contributed by atoms with E-state index in [0.29, 0.717) is 12.1 Å². The number of fused-ring (bicyclic) bond motifs is 2. The average Bonchev–Trinajstić information content (AvgIpc) is 2.99. The van der Waals surface area contributed by atoms with Crippen LogP contribution in [0.15, 0.2) is 36.4 Å². The van der Waals surface area contributed by atoms with E-state index in [1.807, 2.05) is 12.1 Å². The van der Waals surface area contributed by atoms with Crippen LogP contribution >= 0.6 is 0 Å². The van der Waals surface area contributed by atoms with Gasteiger partial charge in [0.2, 0.25) is 0 Å². The van der Waals surface area contributed by atoms with Gasteiger partial charge in [-0.3, -0.25) is 0 Å². The smallest absolute Gasteiger partial charge is 0.406 e. The number of ether oxygens (including phenoxy) is 1. The maximum absolute atomic E-state index is 12.6. The summed E-state index contributed by atoms with van der Waals surface area (Å²) in [5.74, 6) is -0.203. The molecule has 3 aromatic rings. The van der Waals surface area contributed by atoms with Crippen LogP contribution in [0.3, 0.4) is 0 Å². The molecule has 1 aliphatic heterocycles. The third kappa shape index (κ3) is 3.53. The van der Waals surface area contributed by atoms with E-state index in [9.17, 15) is 13.2 Å². The predicted molar refractivity (Wildman–Crippen MR) is 101 cm³/mol. The van der Waals surface area contributed by atoms with Crippen LogP contribution in [-0.2, 0) is 6.54 Å². The zero-order chi connectivity index (χ0) is 19.0. The first-order valence-corrected chi connectivity index (χ1v) is 9.32. The molecule has 0 saturated carbocycles. The molecule has 2 heterocycles. The van der Waals surface area contributed by atoms with Gasteiger partial charge in [-0.25, -0.2) is 4.98 Å². The van der Waals surface area contributed by atoms with Gasteiger partial charge in [0, 0.05) is 29.5 Å². The number of hydrogen-bond donors (Lipinski definition) is 0. The minimum absolute atomic E-state index is 0.203. The minimum Gasteiger partial charge on any atom is -0.406 e. The summed E-state index contributed by atoms with van der Waals surface area (Å²) >= 11 is 0. The molecule has 0 bridgehead atoms. The first-order valence-electron chi connectivity index (χ1n) is 9.32. The molecule has 0 N–H and O–H groups in total. The van der Waals surface area contributed by atoms with Gasteiger partial charge in [-0.2, -0.15) is 0 Å². The van der Waals surface area contributed by atoms with E-state index in [2.05, 4.69) is 27.6 Å². The molecule has 0 amide bonds. The van der Waals surface area contributed by atoms with E-state index in [-0.39, 0.29) is 5.75 Å². The Labute approximate surface area is 155 Å². The predicted octanol–water partition coefficient (Wildman–Crippen LogP) is 6.19. The molecule has 2 aromatic carbocycles. The Morgan fingerprint density at radius 1 is 1.07 bits per heavy atom. The normalized spacial score (nSPS) is 13.7. The fourth-order valence-corrected chi connectivity index (χ4v) is 3.88. The molecule has 0 atom stereocenters. The van der Waals surface area contributed by atoms with E-state index < -0.39 is 6.36 Å². The number of hydrogen-bond acceptors (Lipinski definition) is 3. The van der Waals surface area contributed by atoms with Gasteiger partial charge in [0.25, 0.3) is 0 Å². The maximum Gasteiger partial charge on any atom is 0.573 e. The van der Waals surface area contributed by atoms with Crippen LogP contribution in [0.1, 0.15) is 38.2 Å². The van der Waals surface area contributed by atoms with Crippen molar-refractivity contribution in [2.75, 3.05) is 11.4 Å². The summed E-state index contributed by atoms with van der Waals surface area (Å²) in [4.78, 5) is 6.97. The van der Waals surface area contributed by atoms with Crippen LogP contribution in [0.4, 0.5) is 18.9 Å². The summed E-state index contributed by atoms with van der Waals surface area (Å²) in [6.45, 7) is 3.81. The van der Waals surface area contributed by atoms with Crippen molar-refractivity contribution in [1.82, 2.24) is 4.98 Å². The molecule has 1 aromatic heterocycles. The highest BCUT2D eigenvalue weighted by Crippen LogP contribution is 2.41. The van der Waals surface area contributed by atoms with E-state index in [0.717, 1.165) is 40.5 Å². The van der Waals surface area contributed by atoms with Gasteiger partial charge >= 0.3 is 6.36 Å². The number of rotatable bonds is 6.